The summed E-state index contributed by atoms with van der Waals surface area (Å²) in [7, 11) is 0. The Bertz CT molecular complexity index is 349. The molecule has 0 amide bonds. The summed E-state index contributed by atoms with van der Waals surface area (Å²) < 4.78 is 19.0. The first-order chi connectivity index (χ1) is 6.65. The minimum Gasteiger partial charge on any atom is -0.465 e. The molecule has 14 heavy (non-hydrogen) atoms. The van der Waals surface area contributed by atoms with E-state index in [0.29, 0.717) is 47.5 Å². The lowest BCUT2D eigenvalue weighted by Gasteiger charge is -3.08. The van der Waals surface area contributed by atoms with Gasteiger partial charge in [0.25, 0.3) is 0 Å². The Hall–Kier alpha value is -0.600. The molecule has 6 saturated carbocycles. The first-order valence-electron chi connectivity index (χ1n) is 5.47. The van der Waals surface area contributed by atoms with Gasteiger partial charge in [0, 0.05) is 30.1 Å². The molecule has 3 heteroatoms. The maximum atomic E-state index is 13.9. The molecule has 0 saturated heterocycles. The number of alkyl halides is 1. The summed E-state index contributed by atoms with van der Waals surface area (Å²) in [5.74, 6) is 2.79. The van der Waals surface area contributed by atoms with Crippen molar-refractivity contribution < 1.29 is 13.9 Å². The van der Waals surface area contributed by atoms with Crippen LogP contribution in [0.25, 0.3) is 0 Å². The number of hydrogen-bond acceptors (Lipinski definition) is 2. The zero-order chi connectivity index (χ0) is 9.46. The molecule has 0 aliphatic heterocycles. The largest absolute Gasteiger partial charge is 0.465 e. The summed E-state index contributed by atoms with van der Waals surface area (Å²) in [4.78, 5) is 10.7. The summed E-state index contributed by atoms with van der Waals surface area (Å²) in [6.07, 6.45) is 0. The molecule has 0 aromatic carbocycles. The van der Waals surface area contributed by atoms with Gasteiger partial charge in [-0.25, -0.2) is 4.39 Å². The lowest BCUT2D eigenvalue weighted by molar-refractivity contribution is -0.649. The van der Waals surface area contributed by atoms with Crippen molar-refractivity contribution in [3.05, 3.63) is 0 Å². The van der Waals surface area contributed by atoms with E-state index in [-0.39, 0.29) is 5.97 Å². The molecule has 6 aliphatic carbocycles. The summed E-state index contributed by atoms with van der Waals surface area (Å²) in [5.41, 5.74) is -0.419. The van der Waals surface area contributed by atoms with Crippen LogP contribution in [-0.2, 0) is 9.53 Å². The van der Waals surface area contributed by atoms with Gasteiger partial charge in [-0.3, -0.25) is 4.79 Å². The Morgan fingerprint density at radius 1 is 1.21 bits per heavy atom. The second kappa shape index (κ2) is 1.36. The molecule has 0 radical (unpaired) electrons. The number of esters is 1. The van der Waals surface area contributed by atoms with Crippen molar-refractivity contribution in [3.8, 4) is 0 Å². The molecule has 6 aliphatic rings. The first kappa shape index (κ1) is 6.81. The molecule has 6 rings (SSSR count). The zero-order valence-electron chi connectivity index (χ0n) is 7.87. The van der Waals surface area contributed by atoms with Gasteiger partial charge in [-0.1, -0.05) is 0 Å². The van der Waals surface area contributed by atoms with E-state index in [1.807, 2.05) is 0 Å². The average Bonchev–Trinajstić information content (AvgIpc) is 2.17. The lowest BCUT2D eigenvalue weighted by atomic mass is 8.95. The molecular formula is C11H11FO2. The fourth-order valence-electron chi connectivity index (χ4n) is 6.13. The van der Waals surface area contributed by atoms with Gasteiger partial charge in [0.1, 0.15) is 5.67 Å². The molecule has 74 valence electrons. The Balaban J connectivity index is 1.45. The molecule has 0 bridgehead atoms. The number of halogens is 1. The summed E-state index contributed by atoms with van der Waals surface area (Å²) in [5, 5.41) is 0. The SMILES string of the molecule is CC(=O)OCC12C3C4C1C1C2C3C41F. The van der Waals surface area contributed by atoms with Gasteiger partial charge >= 0.3 is 5.97 Å². The Kier molecular flexibility index (Phi) is 0.662. The van der Waals surface area contributed by atoms with Crippen molar-refractivity contribution >= 4 is 5.97 Å². The Morgan fingerprint density at radius 3 is 2.14 bits per heavy atom. The molecular weight excluding hydrogens is 183 g/mol. The second-order valence-corrected chi connectivity index (χ2v) is 5.87. The van der Waals surface area contributed by atoms with Gasteiger partial charge in [0.2, 0.25) is 0 Å². The lowest BCUT2D eigenvalue weighted by Crippen LogP contribution is -3.12. The third-order valence-corrected chi connectivity index (χ3v) is 6.24. The fourth-order valence-corrected chi connectivity index (χ4v) is 6.13. The molecule has 6 fully saturated rings. The Morgan fingerprint density at radius 2 is 1.71 bits per heavy atom. The van der Waals surface area contributed by atoms with E-state index in [9.17, 15) is 9.18 Å². The summed E-state index contributed by atoms with van der Waals surface area (Å²) in [6, 6.07) is 0. The van der Waals surface area contributed by atoms with Crippen molar-refractivity contribution in [1.29, 1.82) is 0 Å². The van der Waals surface area contributed by atoms with E-state index in [2.05, 4.69) is 0 Å². The summed E-state index contributed by atoms with van der Waals surface area (Å²) in [6.45, 7) is 2.04. The predicted molar refractivity (Wildman–Crippen MR) is 43.8 cm³/mol. The maximum Gasteiger partial charge on any atom is 0.302 e. The van der Waals surface area contributed by atoms with Crippen LogP contribution in [0.15, 0.2) is 0 Å². The quantitative estimate of drug-likeness (QED) is 0.613. The van der Waals surface area contributed by atoms with Crippen LogP contribution in [-0.4, -0.2) is 18.2 Å². The highest BCUT2D eigenvalue weighted by Gasteiger charge is 3.11. The molecule has 0 heterocycles. The van der Waals surface area contributed by atoms with Crippen LogP contribution in [0.4, 0.5) is 4.39 Å². The van der Waals surface area contributed by atoms with E-state index in [0.717, 1.165) is 0 Å². The van der Waals surface area contributed by atoms with Crippen molar-refractivity contribution in [1.82, 2.24) is 0 Å². The molecule has 0 atom stereocenters. The highest BCUT2D eigenvalue weighted by atomic mass is 19.1. The van der Waals surface area contributed by atoms with E-state index >= 15 is 0 Å². The van der Waals surface area contributed by atoms with Gasteiger partial charge in [-0.05, 0) is 17.8 Å². The standard InChI is InChI=1S/C11H11FO2/c1-3(13)14-2-10-4-7-5(10)9-6(10)8(4)11(7,9)12/h4-9H,2H2,1H3. The van der Waals surface area contributed by atoms with Gasteiger partial charge in [0.15, 0.2) is 0 Å². The molecule has 0 N–H and O–H groups in total. The highest BCUT2D eigenvalue weighted by Crippen LogP contribution is 3.07. The van der Waals surface area contributed by atoms with Gasteiger partial charge in [0.05, 0.1) is 6.61 Å². The fraction of sp³-hybridized carbons (Fsp3) is 0.909. The number of carbonyl (C=O) groups excluding carboxylic acids is 1. The van der Waals surface area contributed by atoms with Gasteiger partial charge < -0.3 is 4.74 Å². The van der Waals surface area contributed by atoms with E-state index in [4.69, 9.17) is 4.74 Å². The van der Waals surface area contributed by atoms with Crippen LogP contribution < -0.4 is 0 Å². The number of rotatable bonds is 2. The predicted octanol–water partition coefficient (Wildman–Crippen LogP) is 1.01. The summed E-state index contributed by atoms with van der Waals surface area (Å²) >= 11 is 0. The van der Waals surface area contributed by atoms with Crippen LogP contribution in [0.2, 0.25) is 0 Å². The van der Waals surface area contributed by atoms with E-state index in [1.54, 1.807) is 0 Å². The molecule has 2 nitrogen and oxygen atoms in total. The monoisotopic (exact) mass is 194 g/mol. The topological polar surface area (TPSA) is 26.3 Å². The molecule has 0 aromatic rings. The van der Waals surface area contributed by atoms with Crippen LogP contribution in [0, 0.1) is 40.9 Å². The normalized spacial score (nSPS) is 77.0. The van der Waals surface area contributed by atoms with Gasteiger partial charge in [-0.15, -0.1) is 0 Å². The van der Waals surface area contributed by atoms with Crippen LogP contribution in [0.5, 0.6) is 0 Å². The van der Waals surface area contributed by atoms with Crippen molar-refractivity contribution in [3.63, 3.8) is 0 Å². The minimum absolute atomic E-state index is 0.186. The second-order valence-electron chi connectivity index (χ2n) is 5.87. The number of carbonyl (C=O) groups is 1. The van der Waals surface area contributed by atoms with E-state index < -0.39 is 5.67 Å². The molecule has 0 spiro atoms. The Labute approximate surface area is 80.8 Å². The van der Waals surface area contributed by atoms with Crippen LogP contribution in [0.3, 0.4) is 0 Å². The maximum absolute atomic E-state index is 13.9. The molecule has 0 unspecified atom stereocenters. The smallest absolute Gasteiger partial charge is 0.302 e. The number of hydrogen-bond donors (Lipinski definition) is 0. The first-order valence-corrected chi connectivity index (χ1v) is 5.47. The third kappa shape index (κ3) is 0.288. The van der Waals surface area contributed by atoms with Crippen molar-refractivity contribution in [2.45, 2.75) is 12.6 Å². The molecule has 0 aromatic heterocycles. The minimum atomic E-state index is -0.710. The van der Waals surface area contributed by atoms with Crippen molar-refractivity contribution in [2.75, 3.05) is 6.61 Å². The van der Waals surface area contributed by atoms with Crippen LogP contribution in [0.1, 0.15) is 6.92 Å². The average molecular weight is 194 g/mol. The van der Waals surface area contributed by atoms with Crippen molar-refractivity contribution in [2.24, 2.45) is 40.9 Å². The third-order valence-electron chi connectivity index (χ3n) is 6.24. The number of ether oxygens (including phenoxy) is 1. The van der Waals surface area contributed by atoms with E-state index in [1.165, 1.54) is 6.92 Å². The zero-order valence-corrected chi connectivity index (χ0v) is 7.87. The van der Waals surface area contributed by atoms with Gasteiger partial charge in [-0.2, -0.15) is 0 Å². The van der Waals surface area contributed by atoms with Crippen LogP contribution >= 0.6 is 0 Å². The highest BCUT2D eigenvalue weighted by molar-refractivity contribution is 5.66.